The van der Waals surface area contributed by atoms with Crippen LogP contribution in [0, 0.1) is 0 Å². The maximum atomic E-state index is 12.4. The molecule has 1 aromatic carbocycles. The van der Waals surface area contributed by atoms with Crippen LogP contribution in [0.2, 0.25) is 0 Å². The van der Waals surface area contributed by atoms with Gasteiger partial charge in [0, 0.05) is 7.11 Å². The van der Waals surface area contributed by atoms with Crippen LogP contribution in [-0.4, -0.2) is 34.7 Å². The first-order chi connectivity index (χ1) is 10.6. The Labute approximate surface area is 133 Å². The monoisotopic (exact) mass is 327 g/mol. The SMILES string of the molecule is COCOCCCS(=O)(=O)NC1(c2ccccc2)CCCC1. The van der Waals surface area contributed by atoms with Crippen molar-refractivity contribution in [2.75, 3.05) is 26.3 Å². The van der Waals surface area contributed by atoms with E-state index in [1.54, 1.807) is 7.11 Å². The molecule has 1 N–H and O–H groups in total. The number of ether oxygens (including phenoxy) is 2. The van der Waals surface area contributed by atoms with Crippen molar-refractivity contribution in [2.45, 2.75) is 37.6 Å². The van der Waals surface area contributed by atoms with Crippen molar-refractivity contribution in [3.8, 4) is 0 Å². The summed E-state index contributed by atoms with van der Waals surface area (Å²) in [5, 5.41) is 0. The van der Waals surface area contributed by atoms with Crippen LogP contribution < -0.4 is 4.72 Å². The summed E-state index contributed by atoms with van der Waals surface area (Å²) in [5.74, 6) is 0.0747. The van der Waals surface area contributed by atoms with Crippen molar-refractivity contribution < 1.29 is 17.9 Å². The molecule has 2 rings (SSSR count). The van der Waals surface area contributed by atoms with Gasteiger partial charge in [-0.1, -0.05) is 43.2 Å². The molecule has 0 saturated heterocycles. The topological polar surface area (TPSA) is 64.6 Å². The van der Waals surface area contributed by atoms with Gasteiger partial charge >= 0.3 is 0 Å². The summed E-state index contributed by atoms with van der Waals surface area (Å²) in [5.41, 5.74) is 0.625. The average Bonchev–Trinajstić information content (AvgIpc) is 2.97. The molecule has 0 aromatic heterocycles. The summed E-state index contributed by atoms with van der Waals surface area (Å²) in [7, 11) is -1.79. The first kappa shape index (κ1) is 17.4. The zero-order valence-electron chi connectivity index (χ0n) is 13.1. The van der Waals surface area contributed by atoms with Gasteiger partial charge in [0.15, 0.2) is 0 Å². The standard InChI is InChI=1S/C16H25NO4S/c1-20-14-21-12-7-13-22(18,19)17-16(10-5-6-11-16)15-8-3-2-4-9-15/h2-4,8-9,17H,5-7,10-14H2,1H3. The number of hydrogen-bond acceptors (Lipinski definition) is 4. The van der Waals surface area contributed by atoms with E-state index < -0.39 is 15.6 Å². The quantitative estimate of drug-likeness (QED) is 0.559. The summed E-state index contributed by atoms with van der Waals surface area (Å²) in [4.78, 5) is 0. The first-order valence-electron chi connectivity index (χ1n) is 7.72. The van der Waals surface area contributed by atoms with Gasteiger partial charge in [-0.05, 0) is 24.8 Å². The third-order valence-electron chi connectivity index (χ3n) is 4.04. The van der Waals surface area contributed by atoms with Crippen molar-refractivity contribution in [3.63, 3.8) is 0 Å². The third kappa shape index (κ3) is 4.78. The lowest BCUT2D eigenvalue weighted by Gasteiger charge is -2.30. The van der Waals surface area contributed by atoms with Crippen molar-refractivity contribution in [2.24, 2.45) is 0 Å². The molecule has 0 atom stereocenters. The summed E-state index contributed by atoms with van der Waals surface area (Å²) in [6.07, 6.45) is 4.28. The highest BCUT2D eigenvalue weighted by Crippen LogP contribution is 2.39. The Kier molecular flexibility index (Phi) is 6.37. The molecule has 1 saturated carbocycles. The number of benzene rings is 1. The highest BCUT2D eigenvalue weighted by Gasteiger charge is 2.38. The van der Waals surface area contributed by atoms with Crippen LogP contribution in [0.4, 0.5) is 0 Å². The first-order valence-corrected chi connectivity index (χ1v) is 9.37. The van der Waals surface area contributed by atoms with E-state index in [4.69, 9.17) is 9.47 Å². The molecular weight excluding hydrogens is 302 g/mol. The average molecular weight is 327 g/mol. The normalized spacial score (nSPS) is 17.7. The number of hydrogen-bond donors (Lipinski definition) is 1. The fourth-order valence-electron chi connectivity index (χ4n) is 3.03. The smallest absolute Gasteiger partial charge is 0.212 e. The maximum absolute atomic E-state index is 12.4. The summed E-state index contributed by atoms with van der Waals surface area (Å²) < 4.78 is 37.7. The zero-order valence-corrected chi connectivity index (χ0v) is 13.9. The minimum absolute atomic E-state index is 0.0747. The van der Waals surface area contributed by atoms with Gasteiger partial charge in [-0.15, -0.1) is 0 Å². The largest absolute Gasteiger partial charge is 0.359 e. The van der Waals surface area contributed by atoms with E-state index in [2.05, 4.69) is 4.72 Å². The van der Waals surface area contributed by atoms with Crippen molar-refractivity contribution in [3.05, 3.63) is 35.9 Å². The molecule has 0 heterocycles. The highest BCUT2D eigenvalue weighted by atomic mass is 32.2. The molecule has 0 unspecified atom stereocenters. The minimum atomic E-state index is -3.33. The van der Waals surface area contributed by atoms with Crippen molar-refractivity contribution >= 4 is 10.0 Å². The molecule has 0 radical (unpaired) electrons. The summed E-state index contributed by atoms with van der Waals surface area (Å²) in [6.45, 7) is 0.578. The molecule has 0 bridgehead atoms. The van der Waals surface area contributed by atoms with Gasteiger partial charge in [-0.2, -0.15) is 0 Å². The molecule has 6 heteroatoms. The van der Waals surface area contributed by atoms with Crippen LogP contribution in [0.15, 0.2) is 30.3 Å². The van der Waals surface area contributed by atoms with Gasteiger partial charge in [0.25, 0.3) is 0 Å². The Morgan fingerprint density at radius 3 is 2.50 bits per heavy atom. The van der Waals surface area contributed by atoms with Crippen LogP contribution in [0.25, 0.3) is 0 Å². The van der Waals surface area contributed by atoms with Gasteiger partial charge in [0.1, 0.15) is 6.79 Å². The number of sulfonamides is 1. The Hall–Kier alpha value is -0.950. The fourth-order valence-corrected chi connectivity index (χ4v) is 4.54. The zero-order chi connectivity index (χ0) is 15.9. The molecule has 1 fully saturated rings. The molecule has 0 aliphatic heterocycles. The number of methoxy groups -OCH3 is 1. The van der Waals surface area contributed by atoms with E-state index in [-0.39, 0.29) is 12.5 Å². The Morgan fingerprint density at radius 1 is 1.18 bits per heavy atom. The molecule has 5 nitrogen and oxygen atoms in total. The second-order valence-corrected chi connectivity index (χ2v) is 7.59. The van der Waals surface area contributed by atoms with E-state index in [1.807, 2.05) is 30.3 Å². The second kappa shape index (κ2) is 8.06. The molecule has 1 aromatic rings. The lowest BCUT2D eigenvalue weighted by Crippen LogP contribution is -2.44. The Balaban J connectivity index is 1.99. The molecule has 0 spiro atoms. The molecule has 0 amide bonds. The van der Waals surface area contributed by atoms with Gasteiger partial charge in [-0.3, -0.25) is 0 Å². The maximum Gasteiger partial charge on any atom is 0.212 e. The molecule has 1 aliphatic carbocycles. The predicted octanol–water partition coefficient (Wildman–Crippen LogP) is 2.39. The molecule has 22 heavy (non-hydrogen) atoms. The van der Waals surface area contributed by atoms with E-state index in [0.717, 1.165) is 31.2 Å². The highest BCUT2D eigenvalue weighted by molar-refractivity contribution is 7.89. The van der Waals surface area contributed by atoms with E-state index in [9.17, 15) is 8.42 Å². The van der Waals surface area contributed by atoms with E-state index >= 15 is 0 Å². The minimum Gasteiger partial charge on any atom is -0.359 e. The van der Waals surface area contributed by atoms with Gasteiger partial charge in [0.05, 0.1) is 17.9 Å². The lowest BCUT2D eigenvalue weighted by atomic mass is 9.89. The lowest BCUT2D eigenvalue weighted by molar-refractivity contribution is -0.0299. The van der Waals surface area contributed by atoms with Gasteiger partial charge < -0.3 is 9.47 Å². The predicted molar refractivity (Wildman–Crippen MR) is 86.0 cm³/mol. The molecule has 1 aliphatic rings. The summed E-state index contributed by atoms with van der Waals surface area (Å²) >= 11 is 0. The number of nitrogens with one attached hydrogen (secondary N) is 1. The third-order valence-corrected chi connectivity index (χ3v) is 5.57. The van der Waals surface area contributed by atoms with Crippen molar-refractivity contribution in [1.29, 1.82) is 0 Å². The van der Waals surface area contributed by atoms with E-state index in [1.165, 1.54) is 0 Å². The fraction of sp³-hybridized carbons (Fsp3) is 0.625. The Morgan fingerprint density at radius 2 is 1.86 bits per heavy atom. The van der Waals surface area contributed by atoms with Crippen LogP contribution in [-0.2, 0) is 25.0 Å². The van der Waals surface area contributed by atoms with Crippen molar-refractivity contribution in [1.82, 2.24) is 4.72 Å². The Bertz CT molecular complexity index is 539. The van der Waals surface area contributed by atoms with Crippen LogP contribution >= 0.6 is 0 Å². The van der Waals surface area contributed by atoms with E-state index in [0.29, 0.717) is 13.0 Å². The van der Waals surface area contributed by atoms with Crippen LogP contribution in [0.3, 0.4) is 0 Å². The van der Waals surface area contributed by atoms with Crippen LogP contribution in [0.5, 0.6) is 0 Å². The van der Waals surface area contributed by atoms with Gasteiger partial charge in [0.2, 0.25) is 10.0 Å². The van der Waals surface area contributed by atoms with Gasteiger partial charge in [-0.25, -0.2) is 13.1 Å². The molecular formula is C16H25NO4S. The number of rotatable bonds is 9. The molecule has 124 valence electrons. The van der Waals surface area contributed by atoms with Crippen LogP contribution in [0.1, 0.15) is 37.7 Å². The summed E-state index contributed by atoms with van der Waals surface area (Å²) in [6, 6.07) is 9.89. The second-order valence-electron chi connectivity index (χ2n) is 5.74.